The lowest BCUT2D eigenvalue weighted by Crippen LogP contribution is -2.23. The summed E-state index contributed by atoms with van der Waals surface area (Å²) in [7, 11) is 0. The molecule has 6 nitrogen and oxygen atoms in total. The van der Waals surface area contributed by atoms with Gasteiger partial charge in [0.1, 0.15) is 0 Å². The van der Waals surface area contributed by atoms with Crippen LogP contribution in [0.25, 0.3) is 126 Å². The molecule has 0 atom stereocenters. The van der Waals surface area contributed by atoms with Crippen LogP contribution in [0.3, 0.4) is 0 Å². The van der Waals surface area contributed by atoms with Crippen LogP contribution in [0.5, 0.6) is 0 Å². The topological polar surface area (TPSA) is 57.6 Å². The van der Waals surface area contributed by atoms with Gasteiger partial charge in [-0.25, -0.2) is 14.5 Å². The molecule has 0 radical (unpaired) electrons. The van der Waals surface area contributed by atoms with Crippen molar-refractivity contribution in [3.05, 3.63) is 223 Å². The summed E-state index contributed by atoms with van der Waals surface area (Å²) in [5.74, 6) is 0.312. The molecule has 0 amide bonds. The normalized spacial score (nSPS) is 12.1. The smallest absolute Gasteiger partial charge is 0.268 e. The Bertz CT molecular complexity index is 4360. The van der Waals surface area contributed by atoms with Crippen molar-refractivity contribution < 1.29 is 0 Å². The largest absolute Gasteiger partial charge is 0.308 e. The molecule has 0 saturated carbocycles. The first-order chi connectivity index (χ1) is 32.2. The second-order valence-corrected chi connectivity index (χ2v) is 16.8. The van der Waals surface area contributed by atoms with Gasteiger partial charge in [0.25, 0.3) is 5.56 Å². The second-order valence-electron chi connectivity index (χ2n) is 16.8. The Morgan fingerprint density at radius 2 is 0.800 bits per heavy atom. The molecule has 14 rings (SSSR count). The molecule has 0 unspecified atom stereocenters. The van der Waals surface area contributed by atoms with Gasteiger partial charge in [-0.15, -0.1) is 0 Å². The molecule has 302 valence electrons. The van der Waals surface area contributed by atoms with Crippen molar-refractivity contribution in [2.24, 2.45) is 0 Å². The standard InChI is InChI=1S/C59H35N5O/c65-58-53-43(30-32-46-51-41-24-12-10-16-36(41)28-34-49(51)62(55(46)53)39-20-6-2-7-21-39)44-31-33-47-52-42-25-13-11-17-37(42)29-35-50(52)63(40-22-8-3-9-23-40)57(47)56(44)64(58)59-60-48-27-15-14-26-45(48)54(61-59)38-18-4-1-5-19-38/h1-35H. The van der Waals surface area contributed by atoms with Crippen LogP contribution in [0, 0.1) is 0 Å². The van der Waals surface area contributed by atoms with Gasteiger partial charge < -0.3 is 9.13 Å². The molecule has 0 aliphatic carbocycles. The Morgan fingerprint density at radius 3 is 1.43 bits per heavy atom. The van der Waals surface area contributed by atoms with Gasteiger partial charge in [0.2, 0.25) is 5.95 Å². The van der Waals surface area contributed by atoms with E-state index in [0.29, 0.717) is 11.3 Å². The lowest BCUT2D eigenvalue weighted by atomic mass is 9.98. The minimum atomic E-state index is -0.195. The molecule has 4 aromatic heterocycles. The predicted molar refractivity (Wildman–Crippen MR) is 269 cm³/mol. The van der Waals surface area contributed by atoms with Crippen molar-refractivity contribution in [3.8, 4) is 28.6 Å². The molecule has 0 spiro atoms. The maximum atomic E-state index is 16.6. The monoisotopic (exact) mass is 829 g/mol. The minimum absolute atomic E-state index is 0.195. The van der Waals surface area contributed by atoms with E-state index in [-0.39, 0.29) is 5.56 Å². The highest BCUT2D eigenvalue weighted by Crippen LogP contribution is 2.45. The average Bonchev–Trinajstić information content (AvgIpc) is 3.91. The van der Waals surface area contributed by atoms with E-state index in [9.17, 15) is 0 Å². The zero-order valence-corrected chi connectivity index (χ0v) is 34.9. The summed E-state index contributed by atoms with van der Waals surface area (Å²) in [5, 5.41) is 12.1. The first-order valence-corrected chi connectivity index (χ1v) is 22.0. The van der Waals surface area contributed by atoms with E-state index in [2.05, 4.69) is 173 Å². The highest BCUT2D eigenvalue weighted by atomic mass is 16.1. The number of benzene rings is 10. The molecule has 14 aromatic rings. The van der Waals surface area contributed by atoms with Crippen molar-refractivity contribution in [1.82, 2.24) is 23.7 Å². The molecule has 10 aromatic carbocycles. The molecule has 0 N–H and O–H groups in total. The van der Waals surface area contributed by atoms with Crippen LogP contribution in [0.4, 0.5) is 0 Å². The quantitative estimate of drug-likeness (QED) is 0.166. The molecule has 65 heavy (non-hydrogen) atoms. The molecular weight excluding hydrogens is 795 g/mol. The van der Waals surface area contributed by atoms with Gasteiger partial charge in [-0.2, -0.15) is 0 Å². The van der Waals surface area contributed by atoms with E-state index >= 15 is 4.79 Å². The Balaban J connectivity index is 1.27. The molecule has 0 fully saturated rings. The molecule has 0 saturated heterocycles. The molecular formula is C59H35N5O. The lowest BCUT2D eigenvalue weighted by molar-refractivity contribution is 0.947. The van der Waals surface area contributed by atoms with Crippen LogP contribution < -0.4 is 5.56 Å². The molecule has 0 bridgehead atoms. The van der Waals surface area contributed by atoms with E-state index < -0.39 is 0 Å². The highest BCUT2D eigenvalue weighted by molar-refractivity contribution is 6.31. The van der Waals surface area contributed by atoms with E-state index in [1.165, 1.54) is 0 Å². The van der Waals surface area contributed by atoms with Crippen molar-refractivity contribution in [1.29, 1.82) is 0 Å². The second kappa shape index (κ2) is 13.6. The minimum Gasteiger partial charge on any atom is -0.308 e. The van der Waals surface area contributed by atoms with E-state index in [1.807, 2.05) is 53.1 Å². The maximum absolute atomic E-state index is 16.6. The summed E-state index contributed by atoms with van der Waals surface area (Å²) in [4.78, 5) is 27.4. The van der Waals surface area contributed by atoms with Crippen molar-refractivity contribution in [2.75, 3.05) is 0 Å². The van der Waals surface area contributed by atoms with Crippen LogP contribution in [-0.4, -0.2) is 23.7 Å². The van der Waals surface area contributed by atoms with E-state index in [1.54, 1.807) is 0 Å². The number of fused-ring (bicyclic) bond motifs is 16. The fourth-order valence-electron chi connectivity index (χ4n) is 10.7. The Morgan fingerprint density at radius 1 is 0.323 bits per heavy atom. The number of para-hydroxylation sites is 3. The Labute approximate surface area is 371 Å². The number of rotatable bonds is 4. The van der Waals surface area contributed by atoms with Crippen molar-refractivity contribution >= 4 is 97.7 Å². The third kappa shape index (κ3) is 5.02. The zero-order chi connectivity index (χ0) is 42.8. The summed E-state index contributed by atoms with van der Waals surface area (Å²) in [6.45, 7) is 0. The van der Waals surface area contributed by atoms with Crippen LogP contribution in [-0.2, 0) is 0 Å². The molecule has 4 heterocycles. The van der Waals surface area contributed by atoms with Crippen LogP contribution in [0.2, 0.25) is 0 Å². The fourth-order valence-corrected chi connectivity index (χ4v) is 10.7. The first-order valence-electron chi connectivity index (χ1n) is 22.0. The summed E-state index contributed by atoms with van der Waals surface area (Å²) in [6, 6.07) is 73.9. The molecule has 0 aliphatic rings. The van der Waals surface area contributed by atoms with E-state index in [0.717, 1.165) is 115 Å². The summed E-state index contributed by atoms with van der Waals surface area (Å²) in [6.07, 6.45) is 0. The predicted octanol–water partition coefficient (Wildman–Crippen LogP) is 14.3. The van der Waals surface area contributed by atoms with Gasteiger partial charge in [0.05, 0.1) is 44.2 Å². The third-order valence-corrected chi connectivity index (χ3v) is 13.4. The average molecular weight is 830 g/mol. The summed E-state index contributed by atoms with van der Waals surface area (Å²) >= 11 is 0. The number of hydrogen-bond donors (Lipinski definition) is 0. The SMILES string of the molecule is O=c1c2c(ccc3c4c5ccccc5ccc4n(-c4ccccc4)c32)c2ccc3c4c5ccccc5ccc4n(-c4ccccc4)c3c2n1-c1nc(-c2ccccc2)c2ccccc2n1. The molecule has 0 aliphatic heterocycles. The van der Waals surface area contributed by atoms with Gasteiger partial charge in [0, 0.05) is 49.3 Å². The van der Waals surface area contributed by atoms with Crippen molar-refractivity contribution in [2.45, 2.75) is 0 Å². The number of aromatic nitrogens is 5. The zero-order valence-electron chi connectivity index (χ0n) is 34.9. The van der Waals surface area contributed by atoms with Crippen molar-refractivity contribution in [3.63, 3.8) is 0 Å². The summed E-state index contributed by atoms with van der Waals surface area (Å²) < 4.78 is 6.43. The maximum Gasteiger partial charge on any atom is 0.268 e. The van der Waals surface area contributed by atoms with Gasteiger partial charge in [0.15, 0.2) is 0 Å². The fraction of sp³-hybridized carbons (Fsp3) is 0. The van der Waals surface area contributed by atoms with E-state index in [4.69, 9.17) is 9.97 Å². The molecule has 6 heteroatoms. The Hall–Kier alpha value is -8.87. The third-order valence-electron chi connectivity index (χ3n) is 13.4. The van der Waals surface area contributed by atoms with Crippen LogP contribution in [0.15, 0.2) is 217 Å². The summed E-state index contributed by atoms with van der Waals surface area (Å²) in [5.41, 5.74) is 8.80. The lowest BCUT2D eigenvalue weighted by Gasteiger charge is -2.18. The Kier molecular flexibility index (Phi) is 7.45. The number of nitrogens with zero attached hydrogens (tertiary/aromatic N) is 5. The highest BCUT2D eigenvalue weighted by Gasteiger charge is 2.27. The number of hydrogen-bond acceptors (Lipinski definition) is 3. The van der Waals surface area contributed by atoms with Crippen LogP contribution >= 0.6 is 0 Å². The number of pyridine rings is 1. The van der Waals surface area contributed by atoms with Gasteiger partial charge in [-0.05, 0) is 69.4 Å². The first kappa shape index (κ1) is 35.7. The van der Waals surface area contributed by atoms with Crippen LogP contribution in [0.1, 0.15) is 0 Å². The van der Waals surface area contributed by atoms with Gasteiger partial charge >= 0.3 is 0 Å². The van der Waals surface area contributed by atoms with Gasteiger partial charge in [-0.3, -0.25) is 4.79 Å². The van der Waals surface area contributed by atoms with Gasteiger partial charge in [-0.1, -0.05) is 170 Å².